The van der Waals surface area contributed by atoms with E-state index in [1.165, 1.54) is 6.21 Å². The highest BCUT2D eigenvalue weighted by Crippen LogP contribution is 2.26. The van der Waals surface area contributed by atoms with Crippen LogP contribution in [0.4, 0.5) is 11.4 Å². The van der Waals surface area contributed by atoms with Gasteiger partial charge < -0.3 is 5.32 Å². The van der Waals surface area contributed by atoms with E-state index in [0.717, 1.165) is 5.69 Å². The summed E-state index contributed by atoms with van der Waals surface area (Å²) in [4.78, 5) is 15.0. The molecular formula is C10H7N3O. The molecule has 14 heavy (non-hydrogen) atoms. The van der Waals surface area contributed by atoms with E-state index in [4.69, 9.17) is 5.26 Å². The van der Waals surface area contributed by atoms with E-state index in [1.54, 1.807) is 18.2 Å². The average molecular weight is 185 g/mol. The Morgan fingerprint density at radius 3 is 3.14 bits per heavy atom. The van der Waals surface area contributed by atoms with Gasteiger partial charge in [-0.2, -0.15) is 5.26 Å². The van der Waals surface area contributed by atoms with Crippen LogP contribution >= 0.6 is 0 Å². The molecule has 0 saturated heterocycles. The van der Waals surface area contributed by atoms with Gasteiger partial charge in [0.15, 0.2) is 5.78 Å². The van der Waals surface area contributed by atoms with Crippen LogP contribution in [0.25, 0.3) is 0 Å². The van der Waals surface area contributed by atoms with Crippen molar-refractivity contribution in [1.82, 2.24) is 0 Å². The molecular weight excluding hydrogens is 178 g/mol. The lowest BCUT2D eigenvalue weighted by Gasteiger charge is -2.04. The number of hydrogen-bond donors (Lipinski definition) is 1. The van der Waals surface area contributed by atoms with Crippen LogP contribution in [0.3, 0.4) is 0 Å². The zero-order chi connectivity index (χ0) is 9.97. The maximum Gasteiger partial charge on any atom is 0.192 e. The SMILES string of the molecule is N#Cc1ccc2c(c1)NCC(=O)C=N2. The summed E-state index contributed by atoms with van der Waals surface area (Å²) in [6.07, 6.45) is 1.30. The maximum atomic E-state index is 11.0. The molecule has 0 saturated carbocycles. The van der Waals surface area contributed by atoms with E-state index in [0.29, 0.717) is 11.3 Å². The molecule has 0 atom stereocenters. The zero-order valence-electron chi connectivity index (χ0n) is 7.32. The predicted octanol–water partition coefficient (Wildman–Crippen LogP) is 1.26. The molecule has 0 aliphatic carbocycles. The van der Waals surface area contributed by atoms with Crippen LogP contribution in [0, 0.1) is 11.3 Å². The third-order valence-electron chi connectivity index (χ3n) is 1.93. The number of carbonyl (C=O) groups is 1. The maximum absolute atomic E-state index is 11.0. The average Bonchev–Trinajstić information content (AvgIpc) is 2.40. The van der Waals surface area contributed by atoms with Crippen molar-refractivity contribution in [1.29, 1.82) is 5.26 Å². The summed E-state index contributed by atoms with van der Waals surface area (Å²) in [6.45, 7) is 0.228. The van der Waals surface area contributed by atoms with Gasteiger partial charge in [0.25, 0.3) is 0 Å². The fraction of sp³-hybridized carbons (Fsp3) is 0.100. The molecule has 1 aromatic rings. The summed E-state index contributed by atoms with van der Waals surface area (Å²) in [5.41, 5.74) is 1.97. The van der Waals surface area contributed by atoms with Crippen molar-refractivity contribution in [2.45, 2.75) is 0 Å². The van der Waals surface area contributed by atoms with Gasteiger partial charge in [0, 0.05) is 0 Å². The highest BCUT2D eigenvalue weighted by molar-refractivity contribution is 6.30. The van der Waals surface area contributed by atoms with Crippen molar-refractivity contribution >= 4 is 23.4 Å². The second-order valence-corrected chi connectivity index (χ2v) is 2.92. The standard InChI is InChI=1S/C10H7N3O/c11-4-7-1-2-9-10(3-7)13-6-8(14)5-12-9/h1-3,5,13H,6H2. The van der Waals surface area contributed by atoms with E-state index in [2.05, 4.69) is 10.3 Å². The fourth-order valence-electron chi connectivity index (χ4n) is 1.23. The Labute approximate surface area is 80.9 Å². The van der Waals surface area contributed by atoms with Crippen LogP contribution < -0.4 is 5.32 Å². The number of hydrogen-bond acceptors (Lipinski definition) is 4. The number of carbonyl (C=O) groups excluding carboxylic acids is 1. The lowest BCUT2D eigenvalue weighted by molar-refractivity contribution is -0.111. The van der Waals surface area contributed by atoms with Crippen LogP contribution in [-0.4, -0.2) is 18.5 Å². The smallest absolute Gasteiger partial charge is 0.192 e. The number of anilines is 1. The van der Waals surface area contributed by atoms with E-state index >= 15 is 0 Å². The van der Waals surface area contributed by atoms with E-state index in [-0.39, 0.29) is 12.3 Å². The Balaban J connectivity index is 2.47. The fourth-order valence-corrected chi connectivity index (χ4v) is 1.23. The highest BCUT2D eigenvalue weighted by Gasteiger charge is 2.08. The van der Waals surface area contributed by atoms with Crippen LogP contribution in [0.15, 0.2) is 23.2 Å². The summed E-state index contributed by atoms with van der Waals surface area (Å²) in [5.74, 6) is -0.0697. The van der Waals surface area contributed by atoms with E-state index in [9.17, 15) is 4.79 Å². The normalized spacial score (nSPS) is 13.8. The first-order chi connectivity index (χ1) is 6.79. The molecule has 4 heteroatoms. The monoisotopic (exact) mass is 185 g/mol. The van der Waals surface area contributed by atoms with Crippen molar-refractivity contribution in [2.75, 3.05) is 11.9 Å². The Kier molecular flexibility index (Phi) is 1.99. The second kappa shape index (κ2) is 3.30. The lowest BCUT2D eigenvalue weighted by atomic mass is 10.2. The molecule has 68 valence electrons. The lowest BCUT2D eigenvalue weighted by Crippen LogP contribution is -2.12. The van der Waals surface area contributed by atoms with Crippen molar-refractivity contribution in [3.05, 3.63) is 23.8 Å². The summed E-state index contributed by atoms with van der Waals surface area (Å²) in [5, 5.41) is 11.6. The number of aliphatic imine (C=N–C) groups is 1. The molecule has 1 heterocycles. The van der Waals surface area contributed by atoms with E-state index < -0.39 is 0 Å². The van der Waals surface area contributed by atoms with Crippen molar-refractivity contribution < 1.29 is 4.79 Å². The van der Waals surface area contributed by atoms with Gasteiger partial charge in [-0.1, -0.05) is 0 Å². The molecule has 0 radical (unpaired) electrons. The molecule has 1 aliphatic heterocycles. The molecule has 4 nitrogen and oxygen atoms in total. The van der Waals surface area contributed by atoms with Crippen molar-refractivity contribution in [3.63, 3.8) is 0 Å². The quantitative estimate of drug-likeness (QED) is 0.661. The number of benzene rings is 1. The molecule has 1 aliphatic rings. The van der Waals surface area contributed by atoms with Crippen molar-refractivity contribution in [2.24, 2.45) is 4.99 Å². The first-order valence-electron chi connectivity index (χ1n) is 4.14. The molecule has 0 fully saturated rings. The minimum atomic E-state index is -0.0697. The number of nitriles is 1. The summed E-state index contributed by atoms with van der Waals surface area (Å²) >= 11 is 0. The van der Waals surface area contributed by atoms with Crippen LogP contribution in [0.2, 0.25) is 0 Å². The molecule has 0 aromatic heterocycles. The van der Waals surface area contributed by atoms with Gasteiger partial charge in [-0.05, 0) is 18.2 Å². The molecule has 1 aromatic carbocycles. The summed E-state index contributed by atoms with van der Waals surface area (Å²) < 4.78 is 0. The molecule has 0 amide bonds. The summed E-state index contributed by atoms with van der Waals surface area (Å²) in [7, 11) is 0. The van der Waals surface area contributed by atoms with Gasteiger partial charge in [-0.25, -0.2) is 0 Å². The van der Waals surface area contributed by atoms with Gasteiger partial charge in [-0.15, -0.1) is 0 Å². The predicted molar refractivity (Wildman–Crippen MR) is 52.8 cm³/mol. The topological polar surface area (TPSA) is 65.2 Å². The van der Waals surface area contributed by atoms with Gasteiger partial charge >= 0.3 is 0 Å². The number of fused-ring (bicyclic) bond motifs is 1. The highest BCUT2D eigenvalue weighted by atomic mass is 16.1. The van der Waals surface area contributed by atoms with Gasteiger partial charge in [0.1, 0.15) is 0 Å². The molecule has 0 bridgehead atoms. The van der Waals surface area contributed by atoms with E-state index in [1.807, 2.05) is 6.07 Å². The van der Waals surface area contributed by atoms with Gasteiger partial charge in [-0.3, -0.25) is 9.79 Å². The molecule has 1 N–H and O–H groups in total. The largest absolute Gasteiger partial charge is 0.376 e. The Bertz CT molecular complexity index is 457. The zero-order valence-corrected chi connectivity index (χ0v) is 7.32. The van der Waals surface area contributed by atoms with Crippen molar-refractivity contribution in [3.8, 4) is 6.07 Å². The Hall–Kier alpha value is -2.15. The van der Waals surface area contributed by atoms with Gasteiger partial charge in [0.05, 0.1) is 35.8 Å². The molecule has 0 spiro atoms. The third kappa shape index (κ3) is 1.48. The van der Waals surface area contributed by atoms with Crippen LogP contribution in [-0.2, 0) is 4.79 Å². The first kappa shape index (κ1) is 8.45. The number of rotatable bonds is 0. The molecule has 0 unspecified atom stereocenters. The second-order valence-electron chi connectivity index (χ2n) is 2.92. The minimum Gasteiger partial charge on any atom is -0.376 e. The van der Waals surface area contributed by atoms with Gasteiger partial charge in [0.2, 0.25) is 0 Å². The first-order valence-corrected chi connectivity index (χ1v) is 4.14. The number of Topliss-reactive ketones (excluding diaryl/α,β-unsaturated/α-hetero) is 1. The van der Waals surface area contributed by atoms with Crippen LogP contribution in [0.1, 0.15) is 5.56 Å². The third-order valence-corrected chi connectivity index (χ3v) is 1.93. The minimum absolute atomic E-state index is 0.0697. The summed E-state index contributed by atoms with van der Waals surface area (Å²) in [6, 6.07) is 7.11. The molecule has 2 rings (SSSR count). The number of ketones is 1. The Morgan fingerprint density at radius 2 is 2.36 bits per heavy atom. The number of nitrogens with zero attached hydrogens (tertiary/aromatic N) is 2. The Morgan fingerprint density at radius 1 is 1.50 bits per heavy atom. The van der Waals surface area contributed by atoms with Crippen LogP contribution in [0.5, 0.6) is 0 Å². The number of nitrogens with one attached hydrogen (secondary N) is 1.